The van der Waals surface area contributed by atoms with Crippen LogP contribution in [0, 0.1) is 0 Å². The highest BCUT2D eigenvalue weighted by atomic mass is 19.3. The summed E-state index contributed by atoms with van der Waals surface area (Å²) in [4.78, 5) is 3.63. The van der Waals surface area contributed by atoms with Crippen molar-refractivity contribution < 1.29 is 8.78 Å². The fraction of sp³-hybridized carbons (Fsp3) is 0.500. The molecule has 1 fully saturated rings. The van der Waals surface area contributed by atoms with Crippen molar-refractivity contribution in [2.75, 3.05) is 6.54 Å². The number of aromatic nitrogens is 1. The third kappa shape index (κ3) is 1.90. The SMILES string of the molecule is FC(F)c1cc(C2CCCN2)ccn1. The fourth-order valence-corrected chi connectivity index (χ4v) is 1.77. The fourth-order valence-electron chi connectivity index (χ4n) is 1.77. The Bertz CT molecular complexity index is 309. The van der Waals surface area contributed by atoms with Gasteiger partial charge in [0.15, 0.2) is 0 Å². The van der Waals surface area contributed by atoms with Crippen molar-refractivity contribution >= 4 is 0 Å². The molecule has 1 aliphatic heterocycles. The van der Waals surface area contributed by atoms with Crippen LogP contribution in [0.5, 0.6) is 0 Å². The van der Waals surface area contributed by atoms with E-state index in [0.29, 0.717) is 0 Å². The summed E-state index contributed by atoms with van der Waals surface area (Å²) in [7, 11) is 0. The molecule has 76 valence electrons. The van der Waals surface area contributed by atoms with Crippen molar-refractivity contribution in [3.8, 4) is 0 Å². The van der Waals surface area contributed by atoms with Gasteiger partial charge in [0.25, 0.3) is 6.43 Å². The Balaban J connectivity index is 2.21. The van der Waals surface area contributed by atoms with Crippen molar-refractivity contribution in [2.24, 2.45) is 0 Å². The van der Waals surface area contributed by atoms with Crippen LogP contribution in [0.2, 0.25) is 0 Å². The first kappa shape index (κ1) is 9.52. The first-order chi connectivity index (χ1) is 6.77. The number of hydrogen-bond donors (Lipinski definition) is 1. The normalized spacial score (nSPS) is 21.8. The number of rotatable bonds is 2. The molecule has 0 aromatic carbocycles. The Morgan fingerprint density at radius 2 is 2.36 bits per heavy atom. The van der Waals surface area contributed by atoms with Crippen molar-refractivity contribution in [3.63, 3.8) is 0 Å². The van der Waals surface area contributed by atoms with Crippen LogP contribution in [-0.4, -0.2) is 11.5 Å². The molecule has 2 rings (SSSR count). The monoisotopic (exact) mass is 198 g/mol. The molecule has 2 nitrogen and oxygen atoms in total. The molecule has 1 saturated heterocycles. The number of halogens is 2. The van der Waals surface area contributed by atoms with Crippen LogP contribution >= 0.6 is 0 Å². The highest BCUT2D eigenvalue weighted by Crippen LogP contribution is 2.25. The van der Waals surface area contributed by atoms with Crippen LogP contribution in [0.4, 0.5) is 8.78 Å². The second-order valence-corrected chi connectivity index (χ2v) is 3.46. The summed E-state index contributed by atoms with van der Waals surface area (Å²) in [5, 5.41) is 3.27. The lowest BCUT2D eigenvalue weighted by Gasteiger charge is -2.11. The highest BCUT2D eigenvalue weighted by Gasteiger charge is 2.18. The van der Waals surface area contributed by atoms with Crippen LogP contribution < -0.4 is 5.32 Å². The summed E-state index contributed by atoms with van der Waals surface area (Å²) >= 11 is 0. The molecule has 1 atom stereocenters. The molecular formula is C10H12F2N2. The second kappa shape index (κ2) is 4.00. The molecule has 4 heteroatoms. The first-order valence-corrected chi connectivity index (χ1v) is 4.75. The molecule has 0 spiro atoms. The second-order valence-electron chi connectivity index (χ2n) is 3.46. The minimum Gasteiger partial charge on any atom is -0.310 e. The third-order valence-electron chi connectivity index (χ3n) is 2.49. The summed E-state index contributed by atoms with van der Waals surface area (Å²) in [6, 6.07) is 3.53. The van der Waals surface area contributed by atoms with Gasteiger partial charge in [-0.1, -0.05) is 0 Å². The number of nitrogens with one attached hydrogen (secondary N) is 1. The lowest BCUT2D eigenvalue weighted by Crippen LogP contribution is -2.13. The molecule has 1 aromatic rings. The quantitative estimate of drug-likeness (QED) is 0.789. The summed E-state index contributed by atoms with van der Waals surface area (Å²) in [5.41, 5.74) is 0.795. The Morgan fingerprint density at radius 1 is 1.50 bits per heavy atom. The van der Waals surface area contributed by atoms with E-state index < -0.39 is 6.43 Å². The van der Waals surface area contributed by atoms with Crippen molar-refractivity contribution in [1.82, 2.24) is 10.3 Å². The van der Waals surface area contributed by atoms with Gasteiger partial charge in [0.05, 0.1) is 0 Å². The van der Waals surface area contributed by atoms with E-state index in [-0.39, 0.29) is 11.7 Å². The van der Waals surface area contributed by atoms with Gasteiger partial charge < -0.3 is 5.32 Å². The standard InChI is InChI=1S/C10H12F2N2/c11-10(12)9-6-7(3-5-14-9)8-2-1-4-13-8/h3,5-6,8,10,13H,1-2,4H2. The molecule has 0 amide bonds. The molecule has 14 heavy (non-hydrogen) atoms. The van der Waals surface area contributed by atoms with Gasteiger partial charge in [0.1, 0.15) is 5.69 Å². The largest absolute Gasteiger partial charge is 0.310 e. The van der Waals surface area contributed by atoms with E-state index in [9.17, 15) is 8.78 Å². The van der Waals surface area contributed by atoms with Crippen molar-refractivity contribution in [3.05, 3.63) is 29.6 Å². The summed E-state index contributed by atoms with van der Waals surface area (Å²) in [5.74, 6) is 0. The van der Waals surface area contributed by atoms with Gasteiger partial charge in [-0.15, -0.1) is 0 Å². The first-order valence-electron chi connectivity index (χ1n) is 4.75. The maximum Gasteiger partial charge on any atom is 0.280 e. The minimum absolute atomic E-state index is 0.129. The van der Waals surface area contributed by atoms with E-state index in [2.05, 4.69) is 10.3 Å². The average molecular weight is 198 g/mol. The smallest absolute Gasteiger partial charge is 0.280 e. The Labute approximate surface area is 81.4 Å². The molecule has 1 unspecified atom stereocenters. The van der Waals surface area contributed by atoms with E-state index in [1.807, 2.05) is 0 Å². The van der Waals surface area contributed by atoms with Crippen molar-refractivity contribution in [1.29, 1.82) is 0 Å². The van der Waals surface area contributed by atoms with Gasteiger partial charge in [-0.3, -0.25) is 4.98 Å². The topological polar surface area (TPSA) is 24.9 Å². The van der Waals surface area contributed by atoms with Gasteiger partial charge in [-0.05, 0) is 37.1 Å². The zero-order chi connectivity index (χ0) is 9.97. The number of alkyl halides is 2. The molecule has 1 N–H and O–H groups in total. The third-order valence-corrected chi connectivity index (χ3v) is 2.49. The number of nitrogens with zero attached hydrogens (tertiary/aromatic N) is 1. The summed E-state index contributed by atoms with van der Waals surface area (Å²) in [6.07, 6.45) is 1.11. The van der Waals surface area contributed by atoms with Gasteiger partial charge in [0.2, 0.25) is 0 Å². The van der Waals surface area contributed by atoms with Crippen LogP contribution in [0.1, 0.15) is 36.6 Å². The van der Waals surface area contributed by atoms with E-state index in [1.54, 1.807) is 6.07 Å². The van der Waals surface area contributed by atoms with Crippen molar-refractivity contribution in [2.45, 2.75) is 25.3 Å². The predicted molar refractivity (Wildman–Crippen MR) is 49.2 cm³/mol. The maximum absolute atomic E-state index is 12.4. The van der Waals surface area contributed by atoms with E-state index in [1.165, 1.54) is 12.3 Å². The lowest BCUT2D eigenvalue weighted by molar-refractivity contribution is 0.146. The summed E-state index contributed by atoms with van der Waals surface area (Å²) in [6.45, 7) is 0.969. The van der Waals surface area contributed by atoms with E-state index >= 15 is 0 Å². The molecule has 0 radical (unpaired) electrons. The molecule has 0 saturated carbocycles. The predicted octanol–water partition coefficient (Wildman–Crippen LogP) is 2.44. The van der Waals surface area contributed by atoms with Crippen LogP contribution in [0.15, 0.2) is 18.3 Å². The Kier molecular flexibility index (Phi) is 2.72. The lowest BCUT2D eigenvalue weighted by atomic mass is 10.1. The minimum atomic E-state index is -2.48. The molecule has 0 bridgehead atoms. The van der Waals surface area contributed by atoms with Gasteiger partial charge in [-0.2, -0.15) is 0 Å². The molecule has 0 aliphatic carbocycles. The molecule has 1 aliphatic rings. The zero-order valence-corrected chi connectivity index (χ0v) is 7.71. The highest BCUT2D eigenvalue weighted by molar-refractivity contribution is 5.21. The van der Waals surface area contributed by atoms with Gasteiger partial charge in [0, 0.05) is 12.2 Å². The van der Waals surface area contributed by atoms with E-state index in [0.717, 1.165) is 24.9 Å². The summed E-state index contributed by atoms with van der Waals surface area (Å²) < 4.78 is 24.7. The average Bonchev–Trinajstić information content (AvgIpc) is 2.71. The Morgan fingerprint density at radius 3 is 3.00 bits per heavy atom. The number of hydrogen-bond acceptors (Lipinski definition) is 2. The van der Waals surface area contributed by atoms with Crippen LogP contribution in [0.3, 0.4) is 0 Å². The van der Waals surface area contributed by atoms with Crippen LogP contribution in [0.25, 0.3) is 0 Å². The maximum atomic E-state index is 12.4. The molecule has 1 aromatic heterocycles. The van der Waals surface area contributed by atoms with E-state index in [4.69, 9.17) is 0 Å². The van der Waals surface area contributed by atoms with Gasteiger partial charge >= 0.3 is 0 Å². The number of pyridine rings is 1. The molecule has 2 heterocycles. The zero-order valence-electron chi connectivity index (χ0n) is 7.71. The van der Waals surface area contributed by atoms with Crippen LogP contribution in [-0.2, 0) is 0 Å². The molecular weight excluding hydrogens is 186 g/mol. The van der Waals surface area contributed by atoms with Gasteiger partial charge in [-0.25, -0.2) is 8.78 Å². The Hall–Kier alpha value is -1.03.